The van der Waals surface area contributed by atoms with Gasteiger partial charge in [-0.1, -0.05) is 20.8 Å². The van der Waals surface area contributed by atoms with E-state index in [0.717, 1.165) is 38.3 Å². The van der Waals surface area contributed by atoms with E-state index in [1.165, 1.54) is 5.56 Å². The number of aryl methyl sites for hydroxylation is 1. The summed E-state index contributed by atoms with van der Waals surface area (Å²) in [5.41, 5.74) is 1.34. The summed E-state index contributed by atoms with van der Waals surface area (Å²) in [5.74, 6) is 1.02. The van der Waals surface area contributed by atoms with E-state index in [9.17, 15) is 0 Å². The first-order valence-corrected chi connectivity index (χ1v) is 7.54. The Balaban J connectivity index is 2.07. The van der Waals surface area contributed by atoms with Gasteiger partial charge in [0.1, 0.15) is 12.2 Å². The van der Waals surface area contributed by atoms with Gasteiger partial charge in [-0.05, 0) is 31.0 Å². The topological polar surface area (TPSA) is 47.7 Å². The molecule has 1 atom stereocenters. The molecule has 0 spiro atoms. The van der Waals surface area contributed by atoms with Crippen LogP contribution in [0.15, 0.2) is 24.8 Å². The van der Waals surface area contributed by atoms with E-state index in [2.05, 4.69) is 59.2 Å². The molecule has 1 unspecified atom stereocenters. The Kier molecular flexibility index (Phi) is 5.35. The van der Waals surface area contributed by atoms with Crippen molar-refractivity contribution in [3.05, 3.63) is 36.2 Å². The third-order valence-corrected chi connectivity index (χ3v) is 3.49. The van der Waals surface area contributed by atoms with Gasteiger partial charge in [-0.15, -0.1) is 0 Å². The summed E-state index contributed by atoms with van der Waals surface area (Å²) in [6.45, 7) is 9.21. The average Bonchev–Trinajstić information content (AvgIpc) is 3.07. The van der Waals surface area contributed by atoms with E-state index in [4.69, 9.17) is 0 Å². The average molecular weight is 275 g/mol. The Morgan fingerprint density at radius 3 is 2.85 bits per heavy atom. The van der Waals surface area contributed by atoms with Crippen LogP contribution in [0.3, 0.4) is 0 Å². The van der Waals surface area contributed by atoms with Crippen molar-refractivity contribution in [1.82, 2.24) is 24.6 Å². The Morgan fingerprint density at radius 2 is 2.15 bits per heavy atom. The van der Waals surface area contributed by atoms with Crippen molar-refractivity contribution in [1.29, 1.82) is 0 Å². The predicted octanol–water partition coefficient (Wildman–Crippen LogP) is 2.60. The Labute approximate surface area is 121 Å². The molecule has 2 rings (SSSR count). The molecule has 0 saturated heterocycles. The van der Waals surface area contributed by atoms with Crippen molar-refractivity contribution in [3.8, 4) is 0 Å². The van der Waals surface area contributed by atoms with Gasteiger partial charge in [0.05, 0.1) is 6.54 Å². The fourth-order valence-corrected chi connectivity index (χ4v) is 2.48. The van der Waals surface area contributed by atoms with E-state index >= 15 is 0 Å². The zero-order valence-electron chi connectivity index (χ0n) is 12.7. The Bertz CT molecular complexity index is 514. The summed E-state index contributed by atoms with van der Waals surface area (Å²) in [6.07, 6.45) is 8.15. The second kappa shape index (κ2) is 7.24. The van der Waals surface area contributed by atoms with Crippen molar-refractivity contribution in [3.63, 3.8) is 0 Å². The van der Waals surface area contributed by atoms with Gasteiger partial charge in [0, 0.05) is 25.0 Å². The van der Waals surface area contributed by atoms with Crippen molar-refractivity contribution >= 4 is 0 Å². The monoisotopic (exact) mass is 275 g/mol. The van der Waals surface area contributed by atoms with Crippen molar-refractivity contribution < 1.29 is 0 Å². The number of hydrogen-bond donors (Lipinski definition) is 1. The maximum Gasteiger partial charge on any atom is 0.146 e. The summed E-state index contributed by atoms with van der Waals surface area (Å²) in [4.78, 5) is 4.36. The van der Waals surface area contributed by atoms with Gasteiger partial charge in [-0.3, -0.25) is 0 Å². The molecule has 20 heavy (non-hydrogen) atoms. The molecule has 0 saturated carbocycles. The second-order valence-electron chi connectivity index (χ2n) is 5.04. The van der Waals surface area contributed by atoms with E-state index in [1.807, 2.05) is 4.68 Å². The largest absolute Gasteiger partial charge is 0.346 e. The normalized spacial score (nSPS) is 12.8. The lowest BCUT2D eigenvalue weighted by Crippen LogP contribution is -2.19. The lowest BCUT2D eigenvalue weighted by molar-refractivity contribution is 0.533. The minimum atomic E-state index is 0.440. The molecule has 2 aromatic rings. The lowest BCUT2D eigenvalue weighted by Gasteiger charge is -2.14. The van der Waals surface area contributed by atoms with Crippen molar-refractivity contribution in [2.45, 2.75) is 52.7 Å². The second-order valence-corrected chi connectivity index (χ2v) is 5.04. The van der Waals surface area contributed by atoms with Gasteiger partial charge in [-0.25, -0.2) is 9.67 Å². The molecule has 5 heteroatoms. The number of hydrogen-bond acceptors (Lipinski definition) is 3. The van der Waals surface area contributed by atoms with Gasteiger partial charge in [0.2, 0.25) is 0 Å². The Morgan fingerprint density at radius 1 is 1.30 bits per heavy atom. The minimum absolute atomic E-state index is 0.440. The van der Waals surface area contributed by atoms with E-state index in [0.29, 0.717) is 6.04 Å². The third kappa shape index (κ3) is 3.48. The Hall–Kier alpha value is -1.62. The first-order valence-electron chi connectivity index (χ1n) is 7.54. The molecular formula is C15H25N5. The van der Waals surface area contributed by atoms with Gasteiger partial charge in [0.25, 0.3) is 0 Å². The van der Waals surface area contributed by atoms with Crippen LogP contribution in [-0.2, 0) is 13.1 Å². The summed E-state index contributed by atoms with van der Waals surface area (Å²) in [7, 11) is 0. The number of nitrogens with zero attached hydrogens (tertiary/aromatic N) is 4. The molecule has 0 amide bonds. The van der Waals surface area contributed by atoms with Crippen LogP contribution in [-0.4, -0.2) is 25.9 Å². The van der Waals surface area contributed by atoms with Crippen LogP contribution in [0, 0.1) is 0 Å². The van der Waals surface area contributed by atoms with Crippen molar-refractivity contribution in [2.75, 3.05) is 6.54 Å². The molecule has 0 radical (unpaired) electrons. The molecule has 110 valence electrons. The van der Waals surface area contributed by atoms with Crippen LogP contribution < -0.4 is 5.32 Å². The summed E-state index contributed by atoms with van der Waals surface area (Å²) in [6, 6.07) is 2.63. The SMILES string of the molecule is CCCn1ncnc1Cn1ccc(C(CC)NCC)c1. The van der Waals surface area contributed by atoms with Crippen LogP contribution in [0.2, 0.25) is 0 Å². The van der Waals surface area contributed by atoms with Gasteiger partial charge in [-0.2, -0.15) is 5.10 Å². The van der Waals surface area contributed by atoms with E-state index in [-0.39, 0.29) is 0 Å². The summed E-state index contributed by atoms with van der Waals surface area (Å²) in [5, 5.41) is 7.78. The van der Waals surface area contributed by atoms with Crippen LogP contribution >= 0.6 is 0 Å². The lowest BCUT2D eigenvalue weighted by atomic mass is 10.1. The molecular weight excluding hydrogens is 250 g/mol. The fraction of sp³-hybridized carbons (Fsp3) is 0.600. The minimum Gasteiger partial charge on any atom is -0.346 e. The third-order valence-electron chi connectivity index (χ3n) is 3.49. The van der Waals surface area contributed by atoms with Crippen LogP contribution in [0.1, 0.15) is 51.0 Å². The molecule has 0 aliphatic rings. The number of nitrogens with one attached hydrogen (secondary N) is 1. The highest BCUT2D eigenvalue weighted by Crippen LogP contribution is 2.17. The van der Waals surface area contributed by atoms with Crippen LogP contribution in [0.5, 0.6) is 0 Å². The molecule has 0 aliphatic carbocycles. The highest BCUT2D eigenvalue weighted by atomic mass is 15.3. The zero-order valence-corrected chi connectivity index (χ0v) is 12.7. The van der Waals surface area contributed by atoms with Crippen LogP contribution in [0.25, 0.3) is 0 Å². The molecule has 0 bridgehead atoms. The van der Waals surface area contributed by atoms with Gasteiger partial charge < -0.3 is 9.88 Å². The quantitative estimate of drug-likeness (QED) is 0.805. The molecule has 2 aromatic heterocycles. The maximum absolute atomic E-state index is 4.36. The summed E-state index contributed by atoms with van der Waals surface area (Å²) < 4.78 is 4.17. The van der Waals surface area contributed by atoms with Gasteiger partial charge >= 0.3 is 0 Å². The number of rotatable bonds is 8. The molecule has 5 nitrogen and oxygen atoms in total. The zero-order chi connectivity index (χ0) is 14.4. The standard InChI is InChI=1S/C15H25N5/c1-4-8-20-15(17-12-18-20)11-19-9-7-13(10-19)14(5-2)16-6-3/h7,9-10,12,14,16H,4-6,8,11H2,1-3H3. The van der Waals surface area contributed by atoms with Gasteiger partial charge in [0.15, 0.2) is 0 Å². The molecule has 0 fully saturated rings. The van der Waals surface area contributed by atoms with E-state index in [1.54, 1.807) is 6.33 Å². The van der Waals surface area contributed by atoms with Crippen LogP contribution in [0.4, 0.5) is 0 Å². The van der Waals surface area contributed by atoms with E-state index < -0.39 is 0 Å². The fourth-order valence-electron chi connectivity index (χ4n) is 2.48. The highest BCUT2D eigenvalue weighted by Gasteiger charge is 2.10. The highest BCUT2D eigenvalue weighted by molar-refractivity contribution is 5.16. The predicted molar refractivity (Wildman–Crippen MR) is 80.6 cm³/mol. The summed E-state index contributed by atoms with van der Waals surface area (Å²) >= 11 is 0. The molecule has 1 N–H and O–H groups in total. The number of aromatic nitrogens is 4. The smallest absolute Gasteiger partial charge is 0.146 e. The first kappa shape index (κ1) is 14.8. The molecule has 0 aliphatic heterocycles. The first-order chi connectivity index (χ1) is 9.78. The molecule has 2 heterocycles. The molecule has 0 aromatic carbocycles. The maximum atomic E-state index is 4.36. The van der Waals surface area contributed by atoms with Crippen molar-refractivity contribution in [2.24, 2.45) is 0 Å².